The Morgan fingerprint density at radius 2 is 1.47 bits per heavy atom. The third-order valence-electron chi connectivity index (χ3n) is 6.49. The summed E-state index contributed by atoms with van der Waals surface area (Å²) in [7, 11) is 0.818. The second-order valence-corrected chi connectivity index (χ2v) is 9.36. The lowest BCUT2D eigenvalue weighted by Gasteiger charge is -2.43. The lowest BCUT2D eigenvalue weighted by Crippen LogP contribution is -2.49. The van der Waals surface area contributed by atoms with E-state index in [1.165, 1.54) is 6.92 Å². The summed E-state index contributed by atoms with van der Waals surface area (Å²) in [5, 5.41) is 9.48. The highest BCUT2D eigenvalue weighted by molar-refractivity contribution is 5.91. The Kier molecular flexibility index (Phi) is 9.46. The minimum atomic E-state index is -5.24. The van der Waals surface area contributed by atoms with E-state index in [4.69, 9.17) is 4.74 Å². The molecule has 236 valence electrons. The first-order chi connectivity index (χ1) is 19.8. The Labute approximate surface area is 237 Å². The first-order valence-electron chi connectivity index (χ1n) is 12.3. The molecule has 0 saturated heterocycles. The summed E-state index contributed by atoms with van der Waals surface area (Å²) in [6, 6.07) is -0.493. The van der Waals surface area contributed by atoms with Crippen LogP contribution in [0, 0.1) is 0 Å². The number of carbonyl (C=O) groups is 3. The van der Waals surface area contributed by atoms with Crippen molar-refractivity contribution in [2.45, 2.75) is 56.9 Å². The summed E-state index contributed by atoms with van der Waals surface area (Å²) < 4.78 is 132. The van der Waals surface area contributed by atoms with Gasteiger partial charge in [0.2, 0.25) is 0 Å². The molecule has 2 aromatic rings. The van der Waals surface area contributed by atoms with Gasteiger partial charge in [0.25, 0.3) is 0 Å². The predicted molar refractivity (Wildman–Crippen MR) is 129 cm³/mol. The van der Waals surface area contributed by atoms with Crippen LogP contribution in [0.15, 0.2) is 36.4 Å². The Morgan fingerprint density at radius 3 is 1.93 bits per heavy atom. The summed E-state index contributed by atoms with van der Waals surface area (Å²) in [5.74, 6) is -1.47. The van der Waals surface area contributed by atoms with E-state index in [1.807, 2.05) is 0 Å². The fourth-order valence-electron chi connectivity index (χ4n) is 4.74. The second kappa shape index (κ2) is 12.2. The zero-order valence-corrected chi connectivity index (χ0v) is 22.2. The van der Waals surface area contributed by atoms with E-state index in [0.29, 0.717) is 29.2 Å². The maximum Gasteiger partial charge on any atom is 0.416 e. The number of methoxy groups -OCH3 is 1. The van der Waals surface area contributed by atoms with Gasteiger partial charge in [-0.15, -0.1) is 0 Å². The van der Waals surface area contributed by atoms with Crippen molar-refractivity contribution in [1.82, 2.24) is 4.90 Å². The smallest absolute Gasteiger partial charge is 0.416 e. The van der Waals surface area contributed by atoms with E-state index < -0.39 is 96.0 Å². The molecule has 1 aliphatic rings. The van der Waals surface area contributed by atoms with Crippen molar-refractivity contribution in [1.29, 1.82) is 0 Å². The largest absolute Gasteiger partial charge is 0.481 e. The highest BCUT2D eigenvalue weighted by atomic mass is 19.4. The van der Waals surface area contributed by atoms with Gasteiger partial charge < -0.3 is 14.6 Å². The Hall–Kier alpha value is -4.18. The number of aliphatic carboxylic acids is 1. The number of ether oxygens (including phenoxy) is 2. The van der Waals surface area contributed by atoms with E-state index in [1.54, 1.807) is 0 Å². The van der Waals surface area contributed by atoms with Crippen molar-refractivity contribution in [3.8, 4) is 0 Å². The van der Waals surface area contributed by atoms with E-state index in [0.717, 1.165) is 18.1 Å². The molecule has 17 heteroatoms. The van der Waals surface area contributed by atoms with Crippen molar-refractivity contribution >= 4 is 23.8 Å². The molecule has 0 fully saturated rings. The molecule has 0 bridgehead atoms. The highest BCUT2D eigenvalue weighted by Crippen LogP contribution is 2.45. The molecule has 1 heterocycles. The molecule has 8 nitrogen and oxygen atoms in total. The van der Waals surface area contributed by atoms with Crippen LogP contribution >= 0.6 is 0 Å². The van der Waals surface area contributed by atoms with Crippen LogP contribution in [0.4, 0.5) is 54.8 Å². The minimum absolute atomic E-state index is 0.141. The zero-order chi connectivity index (χ0) is 32.5. The van der Waals surface area contributed by atoms with Crippen LogP contribution in [0.2, 0.25) is 0 Å². The lowest BCUT2D eigenvalue weighted by molar-refractivity contribution is -0.143. The number of hydrogen-bond acceptors (Lipinski definition) is 5. The molecule has 0 saturated carbocycles. The van der Waals surface area contributed by atoms with Crippen LogP contribution in [0.3, 0.4) is 0 Å². The first kappa shape index (κ1) is 33.3. The SMILES string of the molecule is CCOC(=O)N1c2ccc(C(F)(F)F)cc2C(N(Cc2cc(C(F)(F)F)cc(C(F)(F)F)c2)C(=O)OC)CC1CC(=O)O. The molecule has 3 rings (SSSR count). The van der Waals surface area contributed by atoms with Crippen molar-refractivity contribution in [2.24, 2.45) is 0 Å². The number of halogens is 9. The molecule has 1 aliphatic heterocycles. The molecule has 2 amide bonds. The van der Waals surface area contributed by atoms with Crippen LogP contribution < -0.4 is 4.90 Å². The van der Waals surface area contributed by atoms with Gasteiger partial charge in [-0.05, 0) is 60.9 Å². The van der Waals surface area contributed by atoms with Gasteiger partial charge in [0.1, 0.15) is 0 Å². The average molecular weight is 630 g/mol. The lowest BCUT2D eigenvalue weighted by atomic mass is 9.87. The molecule has 2 atom stereocenters. The number of anilines is 1. The third kappa shape index (κ3) is 7.62. The van der Waals surface area contributed by atoms with Gasteiger partial charge >= 0.3 is 36.7 Å². The van der Waals surface area contributed by atoms with Gasteiger partial charge in [0, 0.05) is 6.54 Å². The minimum Gasteiger partial charge on any atom is -0.481 e. The van der Waals surface area contributed by atoms with Crippen LogP contribution in [-0.2, 0) is 39.3 Å². The maximum atomic E-state index is 13.7. The van der Waals surface area contributed by atoms with Gasteiger partial charge in [-0.2, -0.15) is 39.5 Å². The monoisotopic (exact) mass is 630 g/mol. The van der Waals surface area contributed by atoms with Gasteiger partial charge in [-0.3, -0.25) is 14.6 Å². The molecule has 0 radical (unpaired) electrons. The number of carboxylic acid groups (broad SMARTS) is 1. The average Bonchev–Trinajstić information content (AvgIpc) is 2.88. The summed E-state index contributed by atoms with van der Waals surface area (Å²) >= 11 is 0. The number of alkyl halides is 9. The van der Waals surface area contributed by atoms with Crippen LogP contribution in [0.1, 0.15) is 53.6 Å². The van der Waals surface area contributed by atoms with E-state index in [2.05, 4.69) is 4.74 Å². The molecular formula is C26H23F9N2O6. The Bertz CT molecular complexity index is 1340. The van der Waals surface area contributed by atoms with Crippen LogP contribution in [0.25, 0.3) is 0 Å². The molecule has 0 spiro atoms. The Balaban J connectivity index is 2.27. The standard InChI is InChI=1S/C26H23F9N2O6/c1-3-43-23(41)37-17(11-21(38)39)10-20(18-9-14(24(27,28)29)4-5-19(18)37)36(22(40)42-2)12-13-6-15(25(30,31)32)8-16(7-13)26(33,34)35/h4-9,17,20H,3,10-12H2,1-2H3,(H,38,39). The summed E-state index contributed by atoms with van der Waals surface area (Å²) in [6.45, 7) is 0.174. The van der Waals surface area contributed by atoms with Crippen molar-refractivity contribution < 1.29 is 68.5 Å². The van der Waals surface area contributed by atoms with Gasteiger partial charge in [0.15, 0.2) is 0 Å². The third-order valence-corrected chi connectivity index (χ3v) is 6.49. The zero-order valence-electron chi connectivity index (χ0n) is 22.2. The number of hydrogen-bond donors (Lipinski definition) is 1. The normalized spacial score (nSPS) is 17.2. The van der Waals surface area contributed by atoms with Crippen molar-refractivity contribution in [2.75, 3.05) is 18.6 Å². The van der Waals surface area contributed by atoms with Crippen LogP contribution in [-0.4, -0.2) is 47.9 Å². The number of benzene rings is 2. The topological polar surface area (TPSA) is 96.4 Å². The summed E-state index contributed by atoms with van der Waals surface area (Å²) in [4.78, 5) is 38.8. The van der Waals surface area contributed by atoms with Gasteiger partial charge in [-0.25, -0.2) is 9.59 Å². The van der Waals surface area contributed by atoms with E-state index in [-0.39, 0.29) is 18.4 Å². The number of carboxylic acids is 1. The fourth-order valence-corrected chi connectivity index (χ4v) is 4.74. The van der Waals surface area contributed by atoms with Crippen LogP contribution in [0.5, 0.6) is 0 Å². The van der Waals surface area contributed by atoms with E-state index >= 15 is 0 Å². The van der Waals surface area contributed by atoms with Gasteiger partial charge in [-0.1, -0.05) is 0 Å². The quantitative estimate of drug-likeness (QED) is 0.338. The number of rotatable bonds is 6. The second-order valence-electron chi connectivity index (χ2n) is 9.36. The molecule has 2 aromatic carbocycles. The molecule has 2 unspecified atom stereocenters. The summed E-state index contributed by atoms with van der Waals surface area (Å²) in [6.07, 6.45) is -19.3. The van der Waals surface area contributed by atoms with Crippen molar-refractivity contribution in [3.05, 3.63) is 64.2 Å². The summed E-state index contributed by atoms with van der Waals surface area (Å²) in [5.41, 5.74) is -6.10. The number of carbonyl (C=O) groups excluding carboxylic acids is 2. The maximum absolute atomic E-state index is 13.7. The molecule has 43 heavy (non-hydrogen) atoms. The predicted octanol–water partition coefficient (Wildman–Crippen LogP) is 7.26. The molecule has 1 N–H and O–H groups in total. The molecule has 0 aromatic heterocycles. The number of fused-ring (bicyclic) bond motifs is 1. The van der Waals surface area contributed by atoms with Gasteiger partial charge in [0.05, 0.1) is 54.6 Å². The number of nitrogens with zero attached hydrogens (tertiary/aromatic N) is 2. The number of amides is 2. The Morgan fingerprint density at radius 1 is 0.907 bits per heavy atom. The first-order valence-corrected chi connectivity index (χ1v) is 12.3. The molecular weight excluding hydrogens is 607 g/mol. The molecule has 0 aliphatic carbocycles. The highest BCUT2D eigenvalue weighted by Gasteiger charge is 2.44. The van der Waals surface area contributed by atoms with Crippen molar-refractivity contribution in [3.63, 3.8) is 0 Å². The van der Waals surface area contributed by atoms with E-state index in [9.17, 15) is 59.0 Å². The fraction of sp³-hybridized carbons (Fsp3) is 0.423.